The Bertz CT molecular complexity index is 365. The average molecular weight is 188 g/mol. The van der Waals surface area contributed by atoms with Crippen LogP contribution >= 0.6 is 0 Å². The van der Waals surface area contributed by atoms with Crippen LogP contribution in [-0.4, -0.2) is 18.0 Å². The Hall–Kier alpha value is -1.38. The van der Waals surface area contributed by atoms with Gasteiger partial charge in [-0.3, -0.25) is 0 Å². The Kier molecular flexibility index (Phi) is 2.48. The molecule has 2 nitrogen and oxygen atoms in total. The summed E-state index contributed by atoms with van der Waals surface area (Å²) in [5.41, 5.74) is 2.79. The van der Waals surface area contributed by atoms with E-state index in [1.165, 1.54) is 0 Å². The molecule has 1 N–H and O–H groups in total. The van der Waals surface area contributed by atoms with E-state index >= 15 is 0 Å². The van der Waals surface area contributed by atoms with Crippen molar-refractivity contribution in [1.29, 1.82) is 0 Å². The van der Waals surface area contributed by atoms with Crippen LogP contribution in [0.3, 0.4) is 0 Å². The lowest BCUT2D eigenvalue weighted by molar-refractivity contribution is -0.0328. The molecule has 2 heteroatoms. The van der Waals surface area contributed by atoms with Gasteiger partial charge in [-0.2, -0.15) is 0 Å². The van der Waals surface area contributed by atoms with Gasteiger partial charge in [0.1, 0.15) is 0 Å². The highest BCUT2D eigenvalue weighted by molar-refractivity contribution is 5.74. The van der Waals surface area contributed by atoms with E-state index < -0.39 is 6.29 Å². The molecule has 1 aliphatic rings. The van der Waals surface area contributed by atoms with E-state index in [-0.39, 0.29) is 0 Å². The Morgan fingerprint density at radius 2 is 2.07 bits per heavy atom. The van der Waals surface area contributed by atoms with Crippen LogP contribution in [-0.2, 0) is 4.74 Å². The van der Waals surface area contributed by atoms with Crippen molar-refractivity contribution in [3.63, 3.8) is 0 Å². The zero-order chi connectivity index (χ0) is 9.97. The topological polar surface area (TPSA) is 29.5 Å². The molecule has 1 unspecified atom stereocenters. The molecule has 14 heavy (non-hydrogen) atoms. The number of aliphatic hydroxyl groups excluding tert-OH is 1. The molecule has 0 saturated heterocycles. The molecular formula is C12H12O2. The van der Waals surface area contributed by atoms with Crippen LogP contribution in [0.25, 0.3) is 5.57 Å². The Labute approximate surface area is 83.1 Å². The van der Waals surface area contributed by atoms with Gasteiger partial charge in [0.25, 0.3) is 0 Å². The number of rotatable bonds is 2. The summed E-state index contributed by atoms with van der Waals surface area (Å²) in [5.74, 6) is 0. The molecule has 1 atom stereocenters. The van der Waals surface area contributed by atoms with E-state index in [2.05, 4.69) is 6.58 Å². The molecule has 72 valence electrons. The van der Waals surface area contributed by atoms with Gasteiger partial charge in [-0.15, -0.1) is 0 Å². The first-order valence-corrected chi connectivity index (χ1v) is 4.53. The minimum Gasteiger partial charge on any atom is -0.364 e. The molecule has 0 fully saturated rings. The average Bonchev–Trinajstić information content (AvgIpc) is 2.61. The normalized spacial score (nSPS) is 21.4. The lowest BCUT2D eigenvalue weighted by Crippen LogP contribution is -2.06. The van der Waals surface area contributed by atoms with Crippen LogP contribution in [0, 0.1) is 0 Å². The van der Waals surface area contributed by atoms with Crippen molar-refractivity contribution in [2.45, 2.75) is 6.29 Å². The summed E-state index contributed by atoms with van der Waals surface area (Å²) in [6.07, 6.45) is 0.920. The summed E-state index contributed by atoms with van der Waals surface area (Å²) < 4.78 is 5.13. The van der Waals surface area contributed by atoms with Gasteiger partial charge in [-0.05, 0) is 11.1 Å². The summed E-state index contributed by atoms with van der Waals surface area (Å²) in [5, 5.41) is 9.62. The van der Waals surface area contributed by atoms with Gasteiger partial charge in [0.05, 0.1) is 6.61 Å². The van der Waals surface area contributed by atoms with Crippen LogP contribution < -0.4 is 0 Å². The van der Waals surface area contributed by atoms with E-state index in [4.69, 9.17) is 4.74 Å². The van der Waals surface area contributed by atoms with Crippen molar-refractivity contribution < 1.29 is 9.84 Å². The fourth-order valence-corrected chi connectivity index (χ4v) is 1.60. The minimum atomic E-state index is -0.814. The van der Waals surface area contributed by atoms with Gasteiger partial charge in [0.2, 0.25) is 0 Å². The summed E-state index contributed by atoms with van der Waals surface area (Å²) >= 11 is 0. The van der Waals surface area contributed by atoms with E-state index in [1.807, 2.05) is 30.3 Å². The zero-order valence-corrected chi connectivity index (χ0v) is 7.81. The maximum Gasteiger partial charge on any atom is 0.182 e. The molecule has 1 aromatic rings. The highest BCUT2D eigenvalue weighted by Gasteiger charge is 2.23. The molecular weight excluding hydrogens is 176 g/mol. The predicted molar refractivity (Wildman–Crippen MR) is 55.5 cm³/mol. The second kappa shape index (κ2) is 3.78. The van der Waals surface area contributed by atoms with Crippen molar-refractivity contribution >= 4 is 5.57 Å². The van der Waals surface area contributed by atoms with E-state index in [1.54, 1.807) is 6.08 Å². The van der Waals surface area contributed by atoms with Crippen molar-refractivity contribution in [3.05, 3.63) is 54.1 Å². The lowest BCUT2D eigenvalue weighted by atomic mass is 10.0. The minimum absolute atomic E-state index is 0.439. The molecule has 0 radical (unpaired) electrons. The molecule has 0 bridgehead atoms. The second-order valence-corrected chi connectivity index (χ2v) is 3.17. The summed E-state index contributed by atoms with van der Waals surface area (Å²) in [6.45, 7) is 4.14. The largest absolute Gasteiger partial charge is 0.364 e. The van der Waals surface area contributed by atoms with Crippen LogP contribution in [0.2, 0.25) is 0 Å². The van der Waals surface area contributed by atoms with Gasteiger partial charge in [0.15, 0.2) is 6.29 Å². The Morgan fingerprint density at radius 1 is 1.36 bits per heavy atom. The molecule has 0 spiro atoms. The maximum absolute atomic E-state index is 9.62. The smallest absolute Gasteiger partial charge is 0.182 e. The summed E-state index contributed by atoms with van der Waals surface area (Å²) in [7, 11) is 0. The molecule has 2 rings (SSSR count). The van der Waals surface area contributed by atoms with Gasteiger partial charge in [0, 0.05) is 5.57 Å². The van der Waals surface area contributed by atoms with Gasteiger partial charge >= 0.3 is 0 Å². The first kappa shape index (κ1) is 9.19. The second-order valence-electron chi connectivity index (χ2n) is 3.17. The third kappa shape index (κ3) is 1.50. The van der Waals surface area contributed by atoms with E-state index in [0.29, 0.717) is 6.61 Å². The first-order chi connectivity index (χ1) is 6.83. The SMILES string of the molecule is C=CC1=C(c2ccccc2)C(O)OC1. The molecule has 1 aliphatic heterocycles. The molecule has 0 amide bonds. The van der Waals surface area contributed by atoms with Crippen molar-refractivity contribution in [1.82, 2.24) is 0 Å². The van der Waals surface area contributed by atoms with Crippen molar-refractivity contribution in [3.8, 4) is 0 Å². The number of hydrogen-bond donors (Lipinski definition) is 1. The van der Waals surface area contributed by atoms with Crippen LogP contribution in [0.5, 0.6) is 0 Å². The number of ether oxygens (including phenoxy) is 1. The van der Waals surface area contributed by atoms with Crippen LogP contribution in [0.4, 0.5) is 0 Å². The number of benzene rings is 1. The monoisotopic (exact) mass is 188 g/mol. The Balaban J connectivity index is 2.46. The standard InChI is InChI=1S/C12H12O2/c1-2-9-8-14-12(13)11(9)10-6-4-3-5-7-10/h2-7,12-13H,1,8H2. The van der Waals surface area contributed by atoms with Crippen molar-refractivity contribution in [2.75, 3.05) is 6.61 Å². The van der Waals surface area contributed by atoms with Gasteiger partial charge in [-0.1, -0.05) is 43.0 Å². The molecule has 0 saturated carbocycles. The number of hydrogen-bond acceptors (Lipinski definition) is 2. The lowest BCUT2D eigenvalue weighted by Gasteiger charge is -2.07. The zero-order valence-electron chi connectivity index (χ0n) is 7.81. The molecule has 0 aromatic heterocycles. The Morgan fingerprint density at radius 3 is 2.71 bits per heavy atom. The molecule has 1 heterocycles. The first-order valence-electron chi connectivity index (χ1n) is 4.53. The summed E-state index contributed by atoms with van der Waals surface area (Å²) in [6, 6.07) is 9.73. The van der Waals surface area contributed by atoms with E-state index in [9.17, 15) is 5.11 Å². The predicted octanol–water partition coefficient (Wildman–Crippen LogP) is 1.97. The molecule has 1 aromatic carbocycles. The van der Waals surface area contributed by atoms with Gasteiger partial charge < -0.3 is 9.84 Å². The highest BCUT2D eigenvalue weighted by atomic mass is 16.6. The van der Waals surface area contributed by atoms with Crippen LogP contribution in [0.15, 0.2) is 48.6 Å². The fourth-order valence-electron chi connectivity index (χ4n) is 1.60. The third-order valence-corrected chi connectivity index (χ3v) is 2.32. The molecule has 0 aliphatic carbocycles. The quantitative estimate of drug-likeness (QED) is 0.769. The summed E-state index contributed by atoms with van der Waals surface area (Å²) in [4.78, 5) is 0. The number of aliphatic hydroxyl groups is 1. The maximum atomic E-state index is 9.62. The van der Waals surface area contributed by atoms with Crippen molar-refractivity contribution in [2.24, 2.45) is 0 Å². The fraction of sp³-hybridized carbons (Fsp3) is 0.167. The van der Waals surface area contributed by atoms with Gasteiger partial charge in [-0.25, -0.2) is 0 Å². The van der Waals surface area contributed by atoms with E-state index in [0.717, 1.165) is 16.7 Å². The highest BCUT2D eigenvalue weighted by Crippen LogP contribution is 2.29. The van der Waals surface area contributed by atoms with Crippen LogP contribution in [0.1, 0.15) is 5.56 Å². The third-order valence-electron chi connectivity index (χ3n) is 2.32.